The van der Waals surface area contributed by atoms with Gasteiger partial charge >= 0.3 is 0 Å². The molecule has 9 nitrogen and oxygen atoms in total. The van der Waals surface area contributed by atoms with Crippen LogP contribution in [-0.4, -0.2) is 65.6 Å². The number of nitrogens with zero attached hydrogens (tertiary/aromatic N) is 1. The van der Waals surface area contributed by atoms with E-state index in [0.29, 0.717) is 32.2 Å². The maximum atomic E-state index is 14.4. The lowest BCUT2D eigenvalue weighted by Gasteiger charge is -2.39. The van der Waals surface area contributed by atoms with Crippen molar-refractivity contribution >= 4 is 39.0 Å². The molecule has 10 heteroatoms. The number of hydrogen-bond donors (Lipinski definition) is 1. The van der Waals surface area contributed by atoms with E-state index in [1.807, 2.05) is 0 Å². The van der Waals surface area contributed by atoms with Gasteiger partial charge in [0.15, 0.2) is 15.6 Å². The van der Waals surface area contributed by atoms with Gasteiger partial charge in [0.1, 0.15) is 5.78 Å². The maximum absolute atomic E-state index is 14.4. The maximum Gasteiger partial charge on any atom is 0.285 e. The van der Waals surface area contributed by atoms with Gasteiger partial charge in [-0.2, -0.15) is 0 Å². The van der Waals surface area contributed by atoms with E-state index in [1.54, 1.807) is 25.7 Å². The summed E-state index contributed by atoms with van der Waals surface area (Å²) in [6.45, 7) is 9.80. The zero-order valence-corrected chi connectivity index (χ0v) is 30.4. The van der Waals surface area contributed by atoms with Gasteiger partial charge in [0, 0.05) is 37.6 Å². The van der Waals surface area contributed by atoms with Crippen LogP contribution in [0.4, 0.5) is 0 Å². The number of nitrogens with two attached hydrogens (primary N) is 1. The van der Waals surface area contributed by atoms with Crippen LogP contribution < -0.4 is 5.73 Å². The molecule has 2 aliphatic carbocycles. The summed E-state index contributed by atoms with van der Waals surface area (Å²) in [6.07, 6.45) is 11.7. The Morgan fingerprint density at radius 3 is 2.00 bits per heavy atom. The van der Waals surface area contributed by atoms with Crippen molar-refractivity contribution in [3.8, 4) is 0 Å². The number of amides is 2. The Kier molecular flexibility index (Phi) is 11.9. The van der Waals surface area contributed by atoms with Crippen LogP contribution in [0.3, 0.4) is 0 Å². The van der Waals surface area contributed by atoms with Crippen LogP contribution in [0.25, 0.3) is 0 Å². The molecule has 2 amide bonds. The van der Waals surface area contributed by atoms with Crippen molar-refractivity contribution in [2.75, 3.05) is 12.3 Å². The quantitative estimate of drug-likeness (QED) is 0.322. The molecule has 2 heterocycles. The monoisotopic (exact) mass is 676 g/mol. The van der Waals surface area contributed by atoms with Crippen molar-refractivity contribution in [3.63, 3.8) is 0 Å². The van der Waals surface area contributed by atoms with Gasteiger partial charge in [-0.05, 0) is 69.1 Å². The van der Waals surface area contributed by atoms with E-state index in [2.05, 4.69) is 13.8 Å². The molecule has 0 radical (unpaired) electrons. The number of carbonyl (C=O) groups excluding carboxylic acids is 5. The van der Waals surface area contributed by atoms with Gasteiger partial charge < -0.3 is 10.6 Å². The minimum atomic E-state index is -3.45. The molecule has 0 spiro atoms. The molecular weight excluding hydrogens is 616 g/mol. The molecule has 2 N–H and O–H groups in total. The van der Waals surface area contributed by atoms with Gasteiger partial charge in [0.25, 0.3) is 5.91 Å². The van der Waals surface area contributed by atoms with E-state index in [-0.39, 0.29) is 59.7 Å². The van der Waals surface area contributed by atoms with Gasteiger partial charge in [-0.1, -0.05) is 78.1 Å². The first-order valence-electron chi connectivity index (χ1n) is 18.3. The molecule has 0 unspecified atom stereocenters. The minimum absolute atomic E-state index is 0.0137. The minimum Gasteiger partial charge on any atom is -0.363 e. The average molecular weight is 677 g/mol. The van der Waals surface area contributed by atoms with Crippen molar-refractivity contribution in [1.29, 1.82) is 0 Å². The van der Waals surface area contributed by atoms with Crippen LogP contribution in [0.15, 0.2) is 0 Å². The van der Waals surface area contributed by atoms with Gasteiger partial charge in [-0.3, -0.25) is 24.0 Å². The topological polar surface area (TPSA) is 149 Å². The molecule has 0 bridgehead atoms. The van der Waals surface area contributed by atoms with E-state index >= 15 is 0 Å². The number of hydrogen-bond acceptors (Lipinski definition) is 7. The van der Waals surface area contributed by atoms with Crippen LogP contribution in [-0.2, 0) is 33.8 Å². The van der Waals surface area contributed by atoms with E-state index < -0.39 is 49.6 Å². The third-order valence-corrected chi connectivity index (χ3v) is 15.1. The fourth-order valence-electron chi connectivity index (χ4n) is 9.04. The number of fused-ring (bicyclic) bond motifs is 3. The molecule has 2 aliphatic heterocycles. The normalized spacial score (nSPS) is 30.7. The highest BCUT2D eigenvalue weighted by molar-refractivity contribution is 7.92. The molecule has 0 aromatic heterocycles. The summed E-state index contributed by atoms with van der Waals surface area (Å²) >= 11 is 0. The first kappa shape index (κ1) is 37.7. The van der Waals surface area contributed by atoms with Gasteiger partial charge in [-0.25, -0.2) is 8.42 Å². The van der Waals surface area contributed by atoms with Crippen molar-refractivity contribution in [1.82, 2.24) is 4.90 Å². The fraction of sp³-hybridized carbons (Fsp3) is 0.865. The second-order valence-corrected chi connectivity index (χ2v) is 19.8. The van der Waals surface area contributed by atoms with Crippen molar-refractivity contribution in [2.24, 2.45) is 40.2 Å². The Morgan fingerprint density at radius 2 is 1.43 bits per heavy atom. The molecule has 2 saturated carbocycles. The molecule has 4 fully saturated rings. The van der Waals surface area contributed by atoms with Gasteiger partial charge in [-0.15, -0.1) is 0 Å². The van der Waals surface area contributed by atoms with Gasteiger partial charge in [0.2, 0.25) is 11.7 Å². The molecular formula is C37H60N2O7S. The molecule has 0 aromatic carbocycles. The Balaban J connectivity index is 1.58. The average Bonchev–Trinajstić information content (AvgIpc) is 3.29. The first-order valence-corrected chi connectivity index (χ1v) is 20.0. The molecule has 266 valence electrons. The highest BCUT2D eigenvalue weighted by Gasteiger charge is 2.69. The lowest BCUT2D eigenvalue weighted by atomic mass is 9.71. The van der Waals surface area contributed by atoms with Crippen molar-refractivity contribution in [3.05, 3.63) is 0 Å². The molecule has 47 heavy (non-hydrogen) atoms. The number of rotatable bonds is 8. The Labute approximate surface area is 282 Å². The third-order valence-electron chi connectivity index (χ3n) is 12.2. The van der Waals surface area contributed by atoms with Crippen LogP contribution in [0.1, 0.15) is 144 Å². The van der Waals surface area contributed by atoms with Crippen molar-refractivity contribution < 1.29 is 32.4 Å². The second kappa shape index (κ2) is 14.8. The standard InChI is InChI=1S/C37H60N2O7S/c1-35(2,3)47(45,46)24-37(18-14-11-15-19-37)22-27(40)20-26-17-13-10-8-6-7-9-12-16-25(32(42)33(38)43)21-29(41)31-30-28(36(30,4)5)23-39(31)34(26)44/h25-26,28,30-31H,6-24H2,1-5H3,(H2,38,43)/t25-,26-,28+,30+,31-/m1/s1. The second-order valence-electron chi connectivity index (χ2n) is 17.1. The number of ketones is 3. The number of piperidine rings is 1. The smallest absolute Gasteiger partial charge is 0.285 e. The molecule has 4 rings (SSSR count). The summed E-state index contributed by atoms with van der Waals surface area (Å²) in [4.78, 5) is 68.7. The van der Waals surface area contributed by atoms with Crippen LogP contribution in [0.5, 0.6) is 0 Å². The summed E-state index contributed by atoms with van der Waals surface area (Å²) in [5, 5.41) is 0. The van der Waals surface area contributed by atoms with Crippen LogP contribution in [0, 0.1) is 34.5 Å². The van der Waals surface area contributed by atoms with Crippen LogP contribution in [0.2, 0.25) is 0 Å². The van der Waals surface area contributed by atoms with Crippen molar-refractivity contribution in [2.45, 2.75) is 155 Å². The lowest BCUT2D eigenvalue weighted by molar-refractivity contribution is -0.145. The summed E-state index contributed by atoms with van der Waals surface area (Å²) < 4.78 is 25.8. The zero-order chi connectivity index (χ0) is 34.8. The largest absolute Gasteiger partial charge is 0.363 e. The summed E-state index contributed by atoms with van der Waals surface area (Å²) in [6, 6.07) is -0.683. The van der Waals surface area contributed by atoms with Crippen LogP contribution >= 0.6 is 0 Å². The molecule has 2 saturated heterocycles. The van der Waals surface area contributed by atoms with E-state index in [1.165, 1.54) is 0 Å². The molecule has 0 aromatic rings. The number of Topliss-reactive ketones (excluding diaryl/α,β-unsaturated/α-hetero) is 3. The number of primary amides is 1. The Hall–Kier alpha value is -2.10. The highest BCUT2D eigenvalue weighted by Crippen LogP contribution is 2.65. The Bertz CT molecular complexity index is 1310. The summed E-state index contributed by atoms with van der Waals surface area (Å²) in [5.74, 6) is -3.39. The number of sulfone groups is 1. The van der Waals surface area contributed by atoms with E-state index in [9.17, 15) is 32.4 Å². The number of carbonyl (C=O) groups is 5. The zero-order valence-electron chi connectivity index (χ0n) is 29.6. The fourth-order valence-corrected chi connectivity index (χ4v) is 10.7. The summed E-state index contributed by atoms with van der Waals surface area (Å²) in [5.41, 5.74) is 4.66. The predicted octanol–water partition coefficient (Wildman–Crippen LogP) is 5.75. The first-order chi connectivity index (χ1) is 21.9. The predicted molar refractivity (Wildman–Crippen MR) is 182 cm³/mol. The summed E-state index contributed by atoms with van der Waals surface area (Å²) in [7, 11) is -3.45. The SMILES string of the molecule is CC1(C)[C@@H]2[C@H]3C(=O)C[C@H](C(=O)C(N)=O)CCCCCCCCC[C@H](CC(=O)CC4(CS(=O)(=O)C(C)(C)C)CCCCC4)C(=O)N3C[C@@H]21. The van der Waals surface area contributed by atoms with E-state index in [0.717, 1.165) is 64.2 Å². The third kappa shape index (κ3) is 8.74. The van der Waals surface area contributed by atoms with Gasteiger partial charge in [0.05, 0.1) is 16.5 Å². The highest BCUT2D eigenvalue weighted by atomic mass is 32.2. The lowest BCUT2D eigenvalue weighted by Crippen LogP contribution is -2.49. The molecule has 5 atom stereocenters. The van der Waals surface area contributed by atoms with E-state index in [4.69, 9.17) is 5.73 Å². The molecule has 4 aliphatic rings. The Morgan fingerprint density at radius 1 is 0.872 bits per heavy atom.